The van der Waals surface area contributed by atoms with Gasteiger partial charge >= 0.3 is 0 Å². The minimum atomic E-state index is 0.167. The van der Waals surface area contributed by atoms with E-state index in [9.17, 15) is 4.79 Å². The lowest BCUT2D eigenvalue weighted by Crippen LogP contribution is -2.46. The molecule has 0 spiro atoms. The Bertz CT molecular complexity index is 779. The van der Waals surface area contributed by atoms with Gasteiger partial charge in [-0.2, -0.15) is 0 Å². The molecule has 4 nitrogen and oxygen atoms in total. The highest BCUT2D eigenvalue weighted by Crippen LogP contribution is 2.32. The molecule has 0 N–H and O–H groups in total. The molecule has 1 amide bonds. The fraction of sp³-hybridized carbons (Fsp3) is 0.545. The average Bonchev–Trinajstić information content (AvgIpc) is 3.48. The third kappa shape index (κ3) is 3.61. The zero-order valence-corrected chi connectivity index (χ0v) is 15.9. The predicted molar refractivity (Wildman–Crippen MR) is 105 cm³/mol. The van der Waals surface area contributed by atoms with E-state index in [1.807, 2.05) is 30.5 Å². The molecule has 1 saturated heterocycles. The van der Waals surface area contributed by atoms with E-state index >= 15 is 0 Å². The van der Waals surface area contributed by atoms with Crippen molar-refractivity contribution in [3.63, 3.8) is 0 Å². The number of aromatic nitrogens is 1. The molecule has 4 rings (SSSR count). The van der Waals surface area contributed by atoms with Crippen LogP contribution in [0.1, 0.15) is 43.5 Å². The van der Waals surface area contributed by atoms with Gasteiger partial charge in [0, 0.05) is 55.6 Å². The number of fused-ring (bicyclic) bond motifs is 1. The van der Waals surface area contributed by atoms with Gasteiger partial charge in [-0.25, -0.2) is 0 Å². The summed E-state index contributed by atoms with van der Waals surface area (Å²) in [5, 5.41) is 2.04. The highest BCUT2D eigenvalue weighted by molar-refractivity contribution is 6.06. The topological polar surface area (TPSA) is 36.4 Å². The zero-order chi connectivity index (χ0) is 18.1. The van der Waals surface area contributed by atoms with Gasteiger partial charge in [-0.05, 0) is 48.6 Å². The first-order chi connectivity index (χ1) is 12.6. The smallest absolute Gasteiger partial charge is 0.254 e. The summed E-state index contributed by atoms with van der Waals surface area (Å²) in [5.41, 5.74) is 0.808. The molecular formula is C22H29N3O. The molecule has 1 aliphatic heterocycles. The maximum Gasteiger partial charge on any atom is 0.254 e. The summed E-state index contributed by atoms with van der Waals surface area (Å²) in [6.07, 6.45) is 7.44. The summed E-state index contributed by atoms with van der Waals surface area (Å²) in [5.74, 6) is 1.61. The van der Waals surface area contributed by atoms with Crippen LogP contribution in [0.4, 0.5) is 0 Å². The molecule has 1 aromatic heterocycles. The lowest BCUT2D eigenvalue weighted by Gasteiger charge is -2.34. The number of benzene rings is 1. The number of carbonyl (C=O) groups is 1. The van der Waals surface area contributed by atoms with Crippen LogP contribution in [0, 0.1) is 11.8 Å². The standard InChI is InChI=1S/C22H29N3O/c1-16(2)21-15-25(12-4-11-24(21)14-17-7-8-17)22(26)20-6-3-5-18-13-23-10-9-19(18)20/h3,5-6,9-10,13,16-17,21H,4,7-8,11-12,14-15H2,1-2H3/t21-/m0/s1. The SMILES string of the molecule is CC(C)[C@@H]1CN(C(=O)c2cccc3cnccc23)CCCN1CC1CC1. The normalized spacial score (nSPS) is 22.0. The quantitative estimate of drug-likeness (QED) is 0.840. The van der Waals surface area contributed by atoms with Crippen LogP contribution in [-0.2, 0) is 0 Å². The van der Waals surface area contributed by atoms with Gasteiger partial charge in [0.15, 0.2) is 0 Å². The molecule has 1 atom stereocenters. The minimum Gasteiger partial charge on any atom is -0.337 e. The van der Waals surface area contributed by atoms with Crippen LogP contribution in [0.5, 0.6) is 0 Å². The molecule has 2 aliphatic rings. The van der Waals surface area contributed by atoms with Gasteiger partial charge in [-0.1, -0.05) is 26.0 Å². The predicted octanol–water partition coefficient (Wildman–Crippen LogP) is 3.82. The van der Waals surface area contributed by atoms with E-state index in [2.05, 4.69) is 28.6 Å². The Morgan fingerprint density at radius 1 is 1.23 bits per heavy atom. The molecule has 0 bridgehead atoms. The zero-order valence-electron chi connectivity index (χ0n) is 15.9. The van der Waals surface area contributed by atoms with Crippen molar-refractivity contribution in [2.24, 2.45) is 11.8 Å². The fourth-order valence-corrected chi connectivity index (χ4v) is 4.22. The molecule has 1 saturated carbocycles. The number of rotatable bonds is 4. The Morgan fingerprint density at radius 2 is 2.08 bits per heavy atom. The number of carbonyl (C=O) groups excluding carboxylic acids is 1. The van der Waals surface area contributed by atoms with Gasteiger partial charge in [0.2, 0.25) is 0 Å². The first kappa shape index (κ1) is 17.5. The van der Waals surface area contributed by atoms with E-state index < -0.39 is 0 Å². The van der Waals surface area contributed by atoms with E-state index in [-0.39, 0.29) is 5.91 Å². The summed E-state index contributed by atoms with van der Waals surface area (Å²) in [4.78, 5) is 22.3. The number of hydrogen-bond donors (Lipinski definition) is 0. The van der Waals surface area contributed by atoms with Gasteiger partial charge in [-0.3, -0.25) is 14.7 Å². The first-order valence-corrected chi connectivity index (χ1v) is 9.99. The summed E-state index contributed by atoms with van der Waals surface area (Å²) in [6, 6.07) is 8.37. The summed E-state index contributed by atoms with van der Waals surface area (Å²) in [6.45, 7) is 8.60. The van der Waals surface area contributed by atoms with Crippen LogP contribution in [0.15, 0.2) is 36.7 Å². The van der Waals surface area contributed by atoms with Crippen molar-refractivity contribution in [3.8, 4) is 0 Å². The first-order valence-electron chi connectivity index (χ1n) is 9.99. The number of amides is 1. The second kappa shape index (κ2) is 7.36. The minimum absolute atomic E-state index is 0.167. The molecule has 26 heavy (non-hydrogen) atoms. The highest BCUT2D eigenvalue weighted by atomic mass is 16.2. The van der Waals surface area contributed by atoms with Gasteiger partial charge in [0.25, 0.3) is 5.91 Å². The van der Waals surface area contributed by atoms with Crippen molar-refractivity contribution in [1.82, 2.24) is 14.8 Å². The Balaban J connectivity index is 1.58. The van der Waals surface area contributed by atoms with Crippen LogP contribution in [0.25, 0.3) is 10.8 Å². The van der Waals surface area contributed by atoms with E-state index in [4.69, 9.17) is 0 Å². The Labute approximate surface area is 156 Å². The molecule has 138 valence electrons. The van der Waals surface area contributed by atoms with Gasteiger partial charge < -0.3 is 4.90 Å². The monoisotopic (exact) mass is 351 g/mol. The van der Waals surface area contributed by atoms with Crippen molar-refractivity contribution in [1.29, 1.82) is 0 Å². The van der Waals surface area contributed by atoms with Crippen molar-refractivity contribution in [2.75, 3.05) is 26.2 Å². The third-order valence-corrected chi connectivity index (χ3v) is 5.91. The lowest BCUT2D eigenvalue weighted by atomic mass is 10.0. The van der Waals surface area contributed by atoms with Gasteiger partial charge in [0.05, 0.1) is 0 Å². The van der Waals surface area contributed by atoms with E-state index in [0.717, 1.165) is 48.3 Å². The summed E-state index contributed by atoms with van der Waals surface area (Å²) in [7, 11) is 0. The largest absolute Gasteiger partial charge is 0.337 e. The highest BCUT2D eigenvalue weighted by Gasteiger charge is 2.33. The summed E-state index contributed by atoms with van der Waals surface area (Å²) < 4.78 is 0. The van der Waals surface area contributed by atoms with Crippen molar-refractivity contribution in [3.05, 3.63) is 42.2 Å². The van der Waals surface area contributed by atoms with Crippen molar-refractivity contribution in [2.45, 2.75) is 39.2 Å². The maximum atomic E-state index is 13.4. The molecule has 2 heterocycles. The average molecular weight is 351 g/mol. The fourth-order valence-electron chi connectivity index (χ4n) is 4.22. The second-order valence-electron chi connectivity index (χ2n) is 8.26. The molecule has 0 unspecified atom stereocenters. The number of hydrogen-bond acceptors (Lipinski definition) is 3. The summed E-state index contributed by atoms with van der Waals surface area (Å²) >= 11 is 0. The molecule has 0 radical (unpaired) electrons. The Morgan fingerprint density at radius 3 is 2.85 bits per heavy atom. The van der Waals surface area contributed by atoms with Crippen LogP contribution in [0.2, 0.25) is 0 Å². The van der Waals surface area contributed by atoms with Gasteiger partial charge in [-0.15, -0.1) is 0 Å². The molecule has 2 fully saturated rings. The second-order valence-corrected chi connectivity index (χ2v) is 8.26. The number of nitrogens with zero attached hydrogens (tertiary/aromatic N) is 3. The molecule has 1 aliphatic carbocycles. The number of pyridine rings is 1. The third-order valence-electron chi connectivity index (χ3n) is 5.91. The van der Waals surface area contributed by atoms with Gasteiger partial charge in [0.1, 0.15) is 0 Å². The lowest BCUT2D eigenvalue weighted by molar-refractivity contribution is 0.0706. The van der Waals surface area contributed by atoms with Crippen LogP contribution >= 0.6 is 0 Å². The Kier molecular flexibility index (Phi) is 4.94. The molecule has 2 aromatic rings. The van der Waals surface area contributed by atoms with E-state index in [0.29, 0.717) is 12.0 Å². The van der Waals surface area contributed by atoms with E-state index in [1.54, 1.807) is 6.20 Å². The Hall–Kier alpha value is -1.94. The van der Waals surface area contributed by atoms with Crippen LogP contribution < -0.4 is 0 Å². The molecule has 4 heteroatoms. The molecule has 1 aromatic carbocycles. The van der Waals surface area contributed by atoms with E-state index in [1.165, 1.54) is 19.4 Å². The van der Waals surface area contributed by atoms with Crippen LogP contribution in [-0.4, -0.2) is 52.9 Å². The van der Waals surface area contributed by atoms with Crippen molar-refractivity contribution < 1.29 is 4.79 Å². The van der Waals surface area contributed by atoms with Crippen LogP contribution in [0.3, 0.4) is 0 Å². The van der Waals surface area contributed by atoms with Crippen molar-refractivity contribution >= 4 is 16.7 Å². The molecular weight excluding hydrogens is 322 g/mol. The maximum absolute atomic E-state index is 13.4.